The van der Waals surface area contributed by atoms with E-state index >= 15 is 0 Å². The summed E-state index contributed by atoms with van der Waals surface area (Å²) in [6, 6.07) is 0. The van der Waals surface area contributed by atoms with E-state index in [2.05, 4.69) is 5.87 Å². The molecule has 0 saturated heterocycles. The first-order valence-electron chi connectivity index (χ1n) is 1.50. The van der Waals surface area contributed by atoms with Crippen LogP contribution in [0.4, 0.5) is 0 Å². The first kappa shape index (κ1) is 4.45. The molecule has 0 aromatic rings. The highest BCUT2D eigenvalue weighted by molar-refractivity contribution is 5.51. The first-order chi connectivity index (χ1) is 2.27. The fourth-order valence-corrected chi connectivity index (χ4v) is 0. The van der Waals surface area contributed by atoms with Crippen LogP contribution >= 0.6 is 0 Å². The standard InChI is InChI=1S/C4H7N/c1-4(2)3-5/h5H,1-2H3. The van der Waals surface area contributed by atoms with Crippen LogP contribution in [0.5, 0.6) is 0 Å². The third kappa shape index (κ3) is 3.45. The highest BCUT2D eigenvalue weighted by Crippen LogP contribution is 1.72. The number of hydrogen-bond donors (Lipinski definition) is 1. The van der Waals surface area contributed by atoms with Gasteiger partial charge in [0.05, 0.1) is 0 Å². The second-order valence-electron chi connectivity index (χ2n) is 1.12. The molecule has 0 aliphatic carbocycles. The average molecular weight is 69.1 g/mol. The van der Waals surface area contributed by atoms with E-state index in [4.69, 9.17) is 5.41 Å². The minimum absolute atomic E-state index is 0.921. The summed E-state index contributed by atoms with van der Waals surface area (Å²) in [5, 5.41) is 6.37. The van der Waals surface area contributed by atoms with Gasteiger partial charge in [-0.05, 0) is 25.3 Å². The summed E-state index contributed by atoms with van der Waals surface area (Å²) in [5.74, 6) is 2.19. The van der Waals surface area contributed by atoms with Crippen LogP contribution in [0.2, 0.25) is 0 Å². The van der Waals surface area contributed by atoms with E-state index in [-0.39, 0.29) is 0 Å². The second kappa shape index (κ2) is 1.74. The van der Waals surface area contributed by atoms with Crippen molar-refractivity contribution in [3.8, 4) is 0 Å². The summed E-state index contributed by atoms with van der Waals surface area (Å²) in [7, 11) is 0. The third-order valence-electron chi connectivity index (χ3n) is 0.250. The lowest BCUT2D eigenvalue weighted by molar-refractivity contribution is 1.42. The minimum Gasteiger partial charge on any atom is -0.259 e. The van der Waals surface area contributed by atoms with E-state index in [0.717, 1.165) is 5.57 Å². The third-order valence-corrected chi connectivity index (χ3v) is 0.250. The van der Waals surface area contributed by atoms with Gasteiger partial charge in [-0.3, -0.25) is 5.41 Å². The Labute approximate surface area is 31.8 Å². The van der Waals surface area contributed by atoms with E-state index < -0.39 is 0 Å². The molecular weight excluding hydrogens is 62.1 g/mol. The fourth-order valence-electron chi connectivity index (χ4n) is 0. The summed E-state index contributed by atoms with van der Waals surface area (Å²) in [6.45, 7) is 3.68. The molecule has 1 heteroatoms. The highest BCUT2D eigenvalue weighted by atomic mass is 14.3. The molecule has 0 heterocycles. The van der Waals surface area contributed by atoms with Crippen LogP contribution in [0.15, 0.2) is 5.57 Å². The van der Waals surface area contributed by atoms with Crippen molar-refractivity contribution in [2.75, 3.05) is 0 Å². The molecule has 0 rings (SSSR count). The maximum absolute atomic E-state index is 6.37. The quantitative estimate of drug-likeness (QED) is 0.413. The van der Waals surface area contributed by atoms with Gasteiger partial charge in [0, 0.05) is 0 Å². The molecule has 0 atom stereocenters. The fraction of sp³-hybridized carbons (Fsp3) is 0.500. The normalized spacial score (nSPS) is 6.00. The van der Waals surface area contributed by atoms with Gasteiger partial charge >= 0.3 is 0 Å². The summed E-state index contributed by atoms with van der Waals surface area (Å²) >= 11 is 0. The molecule has 1 nitrogen and oxygen atoms in total. The zero-order valence-corrected chi connectivity index (χ0v) is 3.50. The Morgan fingerprint density at radius 1 is 1.60 bits per heavy atom. The highest BCUT2D eigenvalue weighted by Gasteiger charge is 1.59. The van der Waals surface area contributed by atoms with Gasteiger partial charge in [0.25, 0.3) is 0 Å². The molecule has 0 bridgehead atoms. The molecule has 0 aliphatic rings. The van der Waals surface area contributed by atoms with Crippen LogP contribution < -0.4 is 0 Å². The largest absolute Gasteiger partial charge is 0.259 e. The van der Waals surface area contributed by atoms with E-state index in [9.17, 15) is 0 Å². The molecule has 28 valence electrons. The molecule has 0 unspecified atom stereocenters. The van der Waals surface area contributed by atoms with Crippen molar-refractivity contribution in [1.82, 2.24) is 0 Å². The van der Waals surface area contributed by atoms with E-state index in [0.29, 0.717) is 0 Å². The lowest BCUT2D eigenvalue weighted by Gasteiger charge is -1.65. The van der Waals surface area contributed by atoms with Crippen molar-refractivity contribution >= 4 is 5.87 Å². The zero-order chi connectivity index (χ0) is 4.28. The molecule has 0 aromatic carbocycles. The predicted octanol–water partition coefficient (Wildman–Crippen LogP) is 1.20. The summed E-state index contributed by atoms with van der Waals surface area (Å²) < 4.78 is 0. The zero-order valence-electron chi connectivity index (χ0n) is 3.50. The molecule has 0 spiro atoms. The van der Waals surface area contributed by atoms with Crippen molar-refractivity contribution in [1.29, 1.82) is 5.41 Å². The number of nitrogens with one attached hydrogen (secondary N) is 1. The van der Waals surface area contributed by atoms with Gasteiger partial charge in [0.1, 0.15) is 0 Å². The van der Waals surface area contributed by atoms with Gasteiger partial charge < -0.3 is 0 Å². The SMILES string of the molecule is CC(C)=C=N. The van der Waals surface area contributed by atoms with Gasteiger partial charge in [-0.15, -0.1) is 0 Å². The Hall–Kier alpha value is -0.550. The van der Waals surface area contributed by atoms with Crippen molar-refractivity contribution < 1.29 is 0 Å². The van der Waals surface area contributed by atoms with Crippen LogP contribution in [0, 0.1) is 5.41 Å². The maximum atomic E-state index is 6.37. The molecule has 5 heavy (non-hydrogen) atoms. The van der Waals surface area contributed by atoms with Crippen molar-refractivity contribution in [2.45, 2.75) is 13.8 Å². The van der Waals surface area contributed by atoms with Crippen LogP contribution in [0.25, 0.3) is 0 Å². The van der Waals surface area contributed by atoms with E-state index in [1.54, 1.807) is 0 Å². The van der Waals surface area contributed by atoms with Crippen LogP contribution in [0.1, 0.15) is 13.8 Å². The summed E-state index contributed by atoms with van der Waals surface area (Å²) in [6.07, 6.45) is 0. The smallest absolute Gasteiger partial charge is 0.0156 e. The Bertz CT molecular complexity index is 63.7. The average Bonchev–Trinajstić information content (AvgIpc) is 1.38. The Morgan fingerprint density at radius 3 is 1.80 bits per heavy atom. The van der Waals surface area contributed by atoms with E-state index in [1.165, 1.54) is 0 Å². The van der Waals surface area contributed by atoms with Gasteiger partial charge in [-0.25, -0.2) is 0 Å². The minimum atomic E-state index is 0.921. The molecular formula is C4H7N. The summed E-state index contributed by atoms with van der Waals surface area (Å²) in [4.78, 5) is 0. The molecule has 0 fully saturated rings. The molecule has 0 radical (unpaired) electrons. The Balaban J connectivity index is 3.60. The van der Waals surface area contributed by atoms with Crippen molar-refractivity contribution in [3.63, 3.8) is 0 Å². The van der Waals surface area contributed by atoms with Gasteiger partial charge in [-0.1, -0.05) is 0 Å². The number of rotatable bonds is 0. The first-order valence-corrected chi connectivity index (χ1v) is 1.50. The molecule has 0 amide bonds. The molecule has 0 aliphatic heterocycles. The van der Waals surface area contributed by atoms with Crippen LogP contribution in [0.3, 0.4) is 0 Å². The van der Waals surface area contributed by atoms with Crippen LogP contribution in [-0.2, 0) is 0 Å². The van der Waals surface area contributed by atoms with Gasteiger partial charge in [0.2, 0.25) is 0 Å². The van der Waals surface area contributed by atoms with Gasteiger partial charge in [0.15, 0.2) is 0 Å². The number of hydrogen-bond acceptors (Lipinski definition) is 1. The molecule has 0 saturated carbocycles. The Morgan fingerprint density at radius 2 is 1.80 bits per heavy atom. The number of allylic oxidation sites excluding steroid dienone is 1. The molecule has 0 aromatic heterocycles. The predicted molar refractivity (Wildman–Crippen MR) is 22.6 cm³/mol. The van der Waals surface area contributed by atoms with E-state index in [1.807, 2.05) is 13.8 Å². The lowest BCUT2D eigenvalue weighted by Crippen LogP contribution is -1.55. The Kier molecular flexibility index (Phi) is 1.55. The second-order valence-corrected chi connectivity index (χ2v) is 1.12. The van der Waals surface area contributed by atoms with Gasteiger partial charge in [-0.2, -0.15) is 0 Å². The maximum Gasteiger partial charge on any atom is -0.0156 e. The van der Waals surface area contributed by atoms with Crippen molar-refractivity contribution in [2.24, 2.45) is 0 Å². The topological polar surface area (TPSA) is 23.9 Å². The van der Waals surface area contributed by atoms with Crippen molar-refractivity contribution in [3.05, 3.63) is 5.57 Å². The summed E-state index contributed by atoms with van der Waals surface area (Å²) in [5.41, 5.74) is 0.921. The molecule has 1 N–H and O–H groups in total. The monoisotopic (exact) mass is 69.1 g/mol. The van der Waals surface area contributed by atoms with Crippen LogP contribution in [-0.4, -0.2) is 5.87 Å². The lowest BCUT2D eigenvalue weighted by atomic mass is 10.4.